The van der Waals surface area contributed by atoms with E-state index in [2.05, 4.69) is 38.3 Å². The molecule has 2 amide bonds. The molecule has 0 atom stereocenters. The van der Waals surface area contributed by atoms with Crippen molar-refractivity contribution in [3.05, 3.63) is 89.4 Å². The molecule has 3 N–H and O–H groups in total. The zero-order valence-corrected chi connectivity index (χ0v) is 18.3. The highest BCUT2D eigenvalue weighted by Crippen LogP contribution is 2.31. The summed E-state index contributed by atoms with van der Waals surface area (Å²) in [6, 6.07) is 13.7. The van der Waals surface area contributed by atoms with Gasteiger partial charge in [-0.1, -0.05) is 30.3 Å². The van der Waals surface area contributed by atoms with Crippen molar-refractivity contribution in [2.45, 2.75) is 25.8 Å². The van der Waals surface area contributed by atoms with E-state index in [4.69, 9.17) is 4.52 Å². The highest BCUT2D eigenvalue weighted by Gasteiger charge is 2.30. The number of nitrogens with zero attached hydrogens (tertiary/aromatic N) is 3. The zero-order chi connectivity index (χ0) is 24.4. The van der Waals surface area contributed by atoms with E-state index >= 15 is 0 Å². The van der Waals surface area contributed by atoms with Gasteiger partial charge in [0.1, 0.15) is 5.69 Å². The Morgan fingerprint density at radius 2 is 1.94 bits per heavy atom. The Labute approximate surface area is 197 Å². The highest BCUT2D eigenvalue weighted by atomic mass is 19.4. The van der Waals surface area contributed by atoms with Gasteiger partial charge in [-0.3, -0.25) is 14.8 Å². The van der Waals surface area contributed by atoms with Crippen LogP contribution in [0.3, 0.4) is 0 Å². The number of anilines is 2. The molecule has 0 unspecified atom stereocenters. The lowest BCUT2D eigenvalue weighted by Crippen LogP contribution is -2.35. The van der Waals surface area contributed by atoms with Crippen LogP contribution >= 0.6 is 0 Å². The van der Waals surface area contributed by atoms with Crippen LogP contribution in [0.5, 0.6) is 0 Å². The summed E-state index contributed by atoms with van der Waals surface area (Å²) >= 11 is 0. The van der Waals surface area contributed by atoms with Gasteiger partial charge in [0.25, 0.3) is 6.20 Å². The summed E-state index contributed by atoms with van der Waals surface area (Å²) < 4.78 is 45.0. The molecule has 0 saturated heterocycles. The number of alkyl halides is 3. The van der Waals surface area contributed by atoms with Crippen LogP contribution in [0.15, 0.2) is 71.5 Å². The fourth-order valence-electron chi connectivity index (χ4n) is 3.90. The van der Waals surface area contributed by atoms with Crippen molar-refractivity contribution in [3.8, 4) is 11.1 Å². The van der Waals surface area contributed by atoms with Gasteiger partial charge in [-0.2, -0.15) is 13.2 Å². The van der Waals surface area contributed by atoms with Crippen molar-refractivity contribution in [1.29, 1.82) is 0 Å². The number of aromatic nitrogens is 3. The van der Waals surface area contributed by atoms with Crippen molar-refractivity contribution in [2.24, 2.45) is 0 Å². The first-order valence-electron chi connectivity index (χ1n) is 10.7. The number of urea groups is 1. The minimum absolute atomic E-state index is 0.00570. The van der Waals surface area contributed by atoms with Gasteiger partial charge >= 0.3 is 18.1 Å². The van der Waals surface area contributed by atoms with Crippen LogP contribution in [0.2, 0.25) is 0 Å². The quantitative estimate of drug-likeness (QED) is 0.369. The van der Waals surface area contributed by atoms with Crippen molar-refractivity contribution < 1.29 is 27.2 Å². The summed E-state index contributed by atoms with van der Waals surface area (Å²) in [5.41, 5.74) is 4.62. The van der Waals surface area contributed by atoms with Gasteiger partial charge in [0.2, 0.25) is 11.8 Å². The molecular formula is C24H20F3N6O2+. The average molecular weight is 481 g/mol. The molecule has 0 fully saturated rings. The van der Waals surface area contributed by atoms with Crippen LogP contribution in [0.25, 0.3) is 11.1 Å². The van der Waals surface area contributed by atoms with E-state index < -0.39 is 17.8 Å². The van der Waals surface area contributed by atoms with Gasteiger partial charge in [0.05, 0.1) is 5.56 Å². The van der Waals surface area contributed by atoms with Crippen LogP contribution in [-0.4, -0.2) is 16.3 Å². The number of carbonyl (C=O) groups excluding carboxylic acids is 1. The molecule has 3 heterocycles. The molecule has 35 heavy (non-hydrogen) atoms. The Bertz CT molecular complexity index is 1370. The topological polar surface area (TPSA) is 96.0 Å². The molecule has 0 bridgehead atoms. The number of amides is 2. The smallest absolute Gasteiger partial charge is 0.309 e. The Morgan fingerprint density at radius 1 is 1.09 bits per heavy atom. The maximum atomic E-state index is 12.8. The number of benzene rings is 2. The van der Waals surface area contributed by atoms with E-state index in [0.29, 0.717) is 6.54 Å². The standard InChI is InChI=1S/C24H19F3N6O2/c25-24(26,27)17-4-2-5-18(9-17)30-23(34)31-22-14-33(32-35-22)13-19-8-7-16(11-29-19)20-6-1-3-15-10-28-12-21(15)20/h1-9,11,14,28H,10,12-13H2,(H-,30,31,32,34)/p+1. The molecule has 0 radical (unpaired) electrons. The molecule has 1 aliphatic rings. The lowest BCUT2D eigenvalue weighted by atomic mass is 9.98. The van der Waals surface area contributed by atoms with Gasteiger partial charge in [0.15, 0.2) is 0 Å². The van der Waals surface area contributed by atoms with Gasteiger partial charge in [0, 0.05) is 30.5 Å². The molecule has 0 saturated carbocycles. The molecule has 1 aliphatic heterocycles. The first-order chi connectivity index (χ1) is 16.8. The van der Waals surface area contributed by atoms with Crippen molar-refractivity contribution >= 4 is 17.6 Å². The number of hydrogen-bond acceptors (Lipinski definition) is 5. The van der Waals surface area contributed by atoms with E-state index in [-0.39, 0.29) is 11.6 Å². The van der Waals surface area contributed by atoms with Crippen molar-refractivity contribution in [1.82, 2.24) is 15.6 Å². The SMILES string of the molecule is O=C(Nc1cccc(C(F)(F)F)c1)Nc1c[n+](Cc2ccc(-c3cccc4c3CNC4)cn2)no1. The number of fused-ring (bicyclic) bond motifs is 1. The maximum Gasteiger partial charge on any atom is 0.416 e. The van der Waals surface area contributed by atoms with E-state index in [0.717, 1.165) is 42.0 Å². The number of halogens is 3. The average Bonchev–Trinajstić information content (AvgIpc) is 3.48. The number of rotatable bonds is 5. The fourth-order valence-corrected chi connectivity index (χ4v) is 3.90. The third-order valence-corrected chi connectivity index (χ3v) is 5.54. The van der Waals surface area contributed by atoms with Gasteiger partial charge in [-0.15, -0.1) is 0 Å². The van der Waals surface area contributed by atoms with Crippen molar-refractivity contribution in [2.75, 3.05) is 10.6 Å². The number of carbonyl (C=O) groups is 1. The second-order valence-electron chi connectivity index (χ2n) is 8.01. The third kappa shape index (κ3) is 5.14. The fraction of sp³-hybridized carbons (Fsp3) is 0.167. The van der Waals surface area contributed by atoms with Crippen LogP contribution in [0.1, 0.15) is 22.4 Å². The number of pyridine rings is 1. The molecule has 5 rings (SSSR count). The molecule has 8 nitrogen and oxygen atoms in total. The van der Waals surface area contributed by atoms with Gasteiger partial charge in [-0.05, 0) is 45.6 Å². The summed E-state index contributed by atoms with van der Waals surface area (Å²) in [5, 5.41) is 11.9. The molecule has 2 aromatic heterocycles. The van der Waals surface area contributed by atoms with Crippen LogP contribution in [0.4, 0.5) is 29.5 Å². The van der Waals surface area contributed by atoms with Crippen molar-refractivity contribution in [3.63, 3.8) is 0 Å². The lowest BCUT2D eigenvalue weighted by Gasteiger charge is -2.09. The molecule has 2 aromatic carbocycles. The molecule has 4 aromatic rings. The Morgan fingerprint density at radius 3 is 2.74 bits per heavy atom. The minimum atomic E-state index is -4.50. The largest absolute Gasteiger partial charge is 0.416 e. The Kier molecular flexibility index (Phi) is 5.91. The summed E-state index contributed by atoms with van der Waals surface area (Å²) in [5.74, 6) is 0.0263. The minimum Gasteiger partial charge on any atom is -0.309 e. The molecule has 0 spiro atoms. The summed E-state index contributed by atoms with van der Waals surface area (Å²) in [7, 11) is 0. The Hall–Kier alpha value is -4.25. The van der Waals surface area contributed by atoms with Crippen LogP contribution in [0, 0.1) is 0 Å². The Balaban J connectivity index is 1.20. The second kappa shape index (κ2) is 9.18. The first kappa shape index (κ1) is 22.5. The van der Waals surface area contributed by atoms with Crippen LogP contribution < -0.4 is 20.6 Å². The number of hydrogen-bond donors (Lipinski definition) is 3. The predicted molar refractivity (Wildman–Crippen MR) is 120 cm³/mol. The van der Waals surface area contributed by atoms with E-state index in [9.17, 15) is 18.0 Å². The summed E-state index contributed by atoms with van der Waals surface area (Å²) in [6.07, 6.45) is -1.24. The van der Waals surface area contributed by atoms with Crippen LogP contribution in [-0.2, 0) is 25.8 Å². The third-order valence-electron chi connectivity index (χ3n) is 5.54. The maximum absolute atomic E-state index is 12.8. The molecule has 178 valence electrons. The molecular weight excluding hydrogens is 461 g/mol. The second-order valence-corrected chi connectivity index (χ2v) is 8.01. The summed E-state index contributed by atoms with van der Waals surface area (Å²) in [6.45, 7) is 2.00. The molecule has 0 aliphatic carbocycles. The van der Waals surface area contributed by atoms with Gasteiger partial charge in [-0.25, -0.2) is 4.79 Å². The monoisotopic (exact) mass is 481 g/mol. The normalized spacial score (nSPS) is 12.9. The first-order valence-corrected chi connectivity index (χ1v) is 10.7. The zero-order valence-electron chi connectivity index (χ0n) is 18.3. The number of nitrogens with one attached hydrogen (secondary N) is 3. The predicted octanol–water partition coefficient (Wildman–Crippen LogP) is 4.34. The summed E-state index contributed by atoms with van der Waals surface area (Å²) in [4.78, 5) is 16.7. The van der Waals surface area contributed by atoms with Gasteiger partial charge < -0.3 is 10.6 Å². The van der Waals surface area contributed by atoms with E-state index in [1.165, 1.54) is 34.1 Å². The molecule has 11 heteroatoms. The highest BCUT2D eigenvalue weighted by molar-refractivity contribution is 5.98. The lowest BCUT2D eigenvalue weighted by molar-refractivity contribution is -0.755. The van der Waals surface area contributed by atoms with E-state index in [1.54, 1.807) is 0 Å². The van der Waals surface area contributed by atoms with E-state index in [1.807, 2.05) is 24.4 Å².